The van der Waals surface area contributed by atoms with Crippen molar-refractivity contribution < 1.29 is 0 Å². The van der Waals surface area contributed by atoms with Crippen LogP contribution in [0.4, 0.5) is 17.1 Å². The standard InChI is InChI=1S/C49H35N/c1-49(2)45-25-24-41(31-44(45)43-29-37-16-7-8-17-38(37)30-46(43)49)50(40-23-21-33-12-4-6-15-36(33)28-40)47-26-22-34-13-9-10-18-42(34)48(47)39-20-19-32-11-3-5-14-35(32)27-39/h3-31H,1-2H3. The summed E-state index contributed by atoms with van der Waals surface area (Å²) < 4.78 is 0. The molecule has 0 radical (unpaired) electrons. The Balaban J connectivity index is 1.26. The van der Waals surface area contributed by atoms with Crippen molar-refractivity contribution in [3.63, 3.8) is 0 Å². The van der Waals surface area contributed by atoms with E-state index in [-0.39, 0.29) is 5.41 Å². The lowest BCUT2D eigenvalue weighted by molar-refractivity contribution is 0.661. The first-order valence-corrected chi connectivity index (χ1v) is 17.5. The maximum atomic E-state index is 2.48. The van der Waals surface area contributed by atoms with E-state index in [2.05, 4.69) is 195 Å². The highest BCUT2D eigenvalue weighted by Crippen LogP contribution is 2.53. The smallest absolute Gasteiger partial charge is 0.0546 e. The second-order valence-corrected chi connectivity index (χ2v) is 14.2. The van der Waals surface area contributed by atoms with Gasteiger partial charge in [-0.1, -0.05) is 141 Å². The predicted octanol–water partition coefficient (Wildman–Crippen LogP) is 13.7. The van der Waals surface area contributed by atoms with Crippen LogP contribution in [0, 0.1) is 0 Å². The van der Waals surface area contributed by atoms with Gasteiger partial charge in [0.15, 0.2) is 0 Å². The largest absolute Gasteiger partial charge is 0.310 e. The zero-order chi connectivity index (χ0) is 33.4. The van der Waals surface area contributed by atoms with Crippen molar-refractivity contribution in [3.05, 3.63) is 187 Å². The first kappa shape index (κ1) is 28.8. The molecule has 0 fully saturated rings. The molecular weight excluding hydrogens is 603 g/mol. The molecule has 0 amide bonds. The Kier molecular flexibility index (Phi) is 6.29. The number of hydrogen-bond donors (Lipinski definition) is 0. The molecule has 0 aromatic heterocycles. The average Bonchev–Trinajstić information content (AvgIpc) is 3.38. The monoisotopic (exact) mass is 637 g/mol. The van der Waals surface area contributed by atoms with Gasteiger partial charge < -0.3 is 4.90 Å². The number of fused-ring (bicyclic) bond motifs is 7. The molecule has 9 aromatic carbocycles. The number of benzene rings is 9. The van der Waals surface area contributed by atoms with Crippen LogP contribution in [0.25, 0.3) is 65.3 Å². The summed E-state index contributed by atoms with van der Waals surface area (Å²) in [6.45, 7) is 4.74. The fourth-order valence-corrected chi connectivity index (χ4v) is 8.40. The van der Waals surface area contributed by atoms with E-state index in [0.717, 1.165) is 17.1 Å². The van der Waals surface area contributed by atoms with Gasteiger partial charge in [-0.2, -0.15) is 0 Å². The summed E-state index contributed by atoms with van der Waals surface area (Å²) in [6, 6.07) is 65.2. The first-order chi connectivity index (χ1) is 24.5. The number of nitrogens with zero attached hydrogens (tertiary/aromatic N) is 1. The number of rotatable bonds is 4. The van der Waals surface area contributed by atoms with E-state index in [9.17, 15) is 0 Å². The maximum absolute atomic E-state index is 2.48. The quantitative estimate of drug-likeness (QED) is 0.186. The summed E-state index contributed by atoms with van der Waals surface area (Å²) in [5.41, 5.74) is 11.2. The van der Waals surface area contributed by atoms with Crippen molar-refractivity contribution in [2.45, 2.75) is 19.3 Å². The van der Waals surface area contributed by atoms with Crippen molar-refractivity contribution in [2.24, 2.45) is 0 Å². The minimum absolute atomic E-state index is 0.0970. The molecule has 0 saturated heterocycles. The minimum atomic E-state index is -0.0970. The molecule has 0 aliphatic heterocycles. The van der Waals surface area contributed by atoms with Crippen LogP contribution >= 0.6 is 0 Å². The Morgan fingerprint density at radius 2 is 0.900 bits per heavy atom. The molecular formula is C49H35N. The Hall–Kier alpha value is -6.18. The summed E-state index contributed by atoms with van der Waals surface area (Å²) in [6.07, 6.45) is 0. The zero-order valence-electron chi connectivity index (χ0n) is 28.2. The highest BCUT2D eigenvalue weighted by Gasteiger charge is 2.36. The van der Waals surface area contributed by atoms with E-state index >= 15 is 0 Å². The van der Waals surface area contributed by atoms with Crippen molar-refractivity contribution in [2.75, 3.05) is 4.90 Å². The van der Waals surface area contributed by atoms with Gasteiger partial charge in [0.05, 0.1) is 5.69 Å². The zero-order valence-corrected chi connectivity index (χ0v) is 28.2. The topological polar surface area (TPSA) is 3.24 Å². The lowest BCUT2D eigenvalue weighted by atomic mass is 9.82. The summed E-state index contributed by atoms with van der Waals surface area (Å²) >= 11 is 0. The van der Waals surface area contributed by atoms with Crippen molar-refractivity contribution in [1.29, 1.82) is 0 Å². The van der Waals surface area contributed by atoms with E-state index in [1.54, 1.807) is 0 Å². The molecule has 236 valence electrons. The van der Waals surface area contributed by atoms with E-state index in [1.165, 1.54) is 76.5 Å². The lowest BCUT2D eigenvalue weighted by Crippen LogP contribution is -2.15. The summed E-state index contributed by atoms with van der Waals surface area (Å²) in [5.74, 6) is 0. The van der Waals surface area contributed by atoms with Gasteiger partial charge in [-0.15, -0.1) is 0 Å². The molecule has 0 bridgehead atoms. The van der Waals surface area contributed by atoms with E-state index in [1.807, 2.05) is 0 Å². The second-order valence-electron chi connectivity index (χ2n) is 14.2. The van der Waals surface area contributed by atoms with Crippen LogP contribution in [0.3, 0.4) is 0 Å². The summed E-state index contributed by atoms with van der Waals surface area (Å²) in [7, 11) is 0. The molecule has 0 N–H and O–H groups in total. The van der Waals surface area contributed by atoms with Crippen LogP contribution in [0.1, 0.15) is 25.0 Å². The van der Waals surface area contributed by atoms with Gasteiger partial charge in [0.25, 0.3) is 0 Å². The normalized spacial score (nSPS) is 13.2. The second kappa shape index (κ2) is 10.9. The van der Waals surface area contributed by atoms with Crippen LogP contribution in [0.2, 0.25) is 0 Å². The molecule has 1 aliphatic carbocycles. The lowest BCUT2D eigenvalue weighted by Gasteiger charge is -2.30. The van der Waals surface area contributed by atoms with Crippen LogP contribution in [-0.2, 0) is 5.41 Å². The van der Waals surface area contributed by atoms with Gasteiger partial charge in [-0.05, 0) is 119 Å². The molecule has 0 spiro atoms. The Morgan fingerprint density at radius 3 is 1.64 bits per heavy atom. The summed E-state index contributed by atoms with van der Waals surface area (Å²) in [5, 5.41) is 9.99. The van der Waals surface area contributed by atoms with Crippen LogP contribution in [0.5, 0.6) is 0 Å². The van der Waals surface area contributed by atoms with Crippen LogP contribution in [-0.4, -0.2) is 0 Å². The average molecular weight is 638 g/mol. The fraction of sp³-hybridized carbons (Fsp3) is 0.0612. The molecule has 1 nitrogen and oxygen atoms in total. The number of anilines is 3. The van der Waals surface area contributed by atoms with Crippen LogP contribution in [0.15, 0.2) is 176 Å². The molecule has 10 rings (SSSR count). The van der Waals surface area contributed by atoms with Gasteiger partial charge in [0.1, 0.15) is 0 Å². The van der Waals surface area contributed by atoms with Crippen molar-refractivity contribution >= 4 is 60.2 Å². The van der Waals surface area contributed by atoms with E-state index in [0.29, 0.717) is 0 Å². The fourth-order valence-electron chi connectivity index (χ4n) is 8.40. The molecule has 0 unspecified atom stereocenters. The van der Waals surface area contributed by atoms with Crippen molar-refractivity contribution in [1.82, 2.24) is 0 Å². The molecule has 9 aromatic rings. The number of hydrogen-bond acceptors (Lipinski definition) is 1. The van der Waals surface area contributed by atoms with Gasteiger partial charge >= 0.3 is 0 Å². The molecule has 0 saturated carbocycles. The van der Waals surface area contributed by atoms with Gasteiger partial charge in [-0.3, -0.25) is 0 Å². The SMILES string of the molecule is CC1(C)c2ccc(N(c3ccc4ccccc4c3)c3ccc4ccccc4c3-c3ccc4ccccc4c3)cc2-c2cc3ccccc3cc21. The van der Waals surface area contributed by atoms with Gasteiger partial charge in [0, 0.05) is 22.4 Å². The Labute approximate surface area is 292 Å². The first-order valence-electron chi connectivity index (χ1n) is 17.5. The predicted molar refractivity (Wildman–Crippen MR) is 214 cm³/mol. The van der Waals surface area contributed by atoms with E-state index < -0.39 is 0 Å². The third-order valence-corrected chi connectivity index (χ3v) is 11.0. The molecule has 0 atom stereocenters. The molecule has 1 aliphatic rings. The minimum Gasteiger partial charge on any atom is -0.310 e. The van der Waals surface area contributed by atoms with E-state index in [4.69, 9.17) is 0 Å². The molecule has 0 heterocycles. The van der Waals surface area contributed by atoms with Crippen molar-refractivity contribution in [3.8, 4) is 22.3 Å². The third kappa shape index (κ3) is 4.40. The van der Waals surface area contributed by atoms with Gasteiger partial charge in [-0.25, -0.2) is 0 Å². The Morgan fingerprint density at radius 1 is 0.380 bits per heavy atom. The Bertz CT molecular complexity index is 2800. The van der Waals surface area contributed by atoms with Gasteiger partial charge in [0.2, 0.25) is 0 Å². The third-order valence-electron chi connectivity index (χ3n) is 11.0. The highest BCUT2D eigenvalue weighted by molar-refractivity contribution is 6.07. The molecule has 50 heavy (non-hydrogen) atoms. The molecule has 1 heteroatoms. The maximum Gasteiger partial charge on any atom is 0.0546 e. The van der Waals surface area contributed by atoms with Crippen LogP contribution < -0.4 is 4.90 Å². The highest BCUT2D eigenvalue weighted by atomic mass is 15.1. The summed E-state index contributed by atoms with van der Waals surface area (Å²) in [4.78, 5) is 2.48.